The smallest absolute Gasteiger partial charge is 0.128 e. The van der Waals surface area contributed by atoms with E-state index in [4.69, 9.17) is 0 Å². The zero-order valence-electron chi connectivity index (χ0n) is 6.21. The van der Waals surface area contributed by atoms with Gasteiger partial charge in [0.1, 0.15) is 5.82 Å². The highest BCUT2D eigenvalue weighted by molar-refractivity contribution is 7.80. The first-order valence-electron chi connectivity index (χ1n) is 3.35. The first-order chi connectivity index (χ1) is 5.25. The predicted molar refractivity (Wildman–Crippen MR) is 47.2 cm³/mol. The van der Waals surface area contributed by atoms with Gasteiger partial charge in [0.05, 0.1) is 5.37 Å². The van der Waals surface area contributed by atoms with Crippen molar-refractivity contribution < 1.29 is 4.39 Å². The largest absolute Gasteiger partial charge is 0.305 e. The summed E-state index contributed by atoms with van der Waals surface area (Å²) in [6.45, 7) is 0. The molecule has 0 heterocycles. The van der Waals surface area contributed by atoms with Gasteiger partial charge in [-0.15, -0.1) is 0 Å². The average Bonchev–Trinajstić information content (AvgIpc) is 2.04. The van der Waals surface area contributed by atoms with Gasteiger partial charge >= 0.3 is 0 Å². The minimum atomic E-state index is -0.226. The van der Waals surface area contributed by atoms with E-state index in [1.807, 2.05) is 0 Å². The number of benzene rings is 1. The van der Waals surface area contributed by atoms with Crippen LogP contribution in [0.3, 0.4) is 0 Å². The molecule has 0 aliphatic heterocycles. The van der Waals surface area contributed by atoms with E-state index >= 15 is 0 Å². The summed E-state index contributed by atoms with van der Waals surface area (Å²) in [6, 6.07) is 6.59. The van der Waals surface area contributed by atoms with E-state index in [9.17, 15) is 4.39 Å². The standard InChI is InChI=1S/C8H10FNS/c1-10-8(11)6-4-2-3-5-7(6)9/h2-5,8,10-11H,1H3. The average molecular weight is 171 g/mol. The van der Waals surface area contributed by atoms with Crippen LogP contribution in [0, 0.1) is 5.82 Å². The fraction of sp³-hybridized carbons (Fsp3) is 0.250. The molecule has 1 aromatic rings. The van der Waals surface area contributed by atoms with Crippen LogP contribution in [0.15, 0.2) is 24.3 Å². The van der Waals surface area contributed by atoms with Gasteiger partial charge in [-0.2, -0.15) is 12.6 Å². The van der Waals surface area contributed by atoms with Crippen LogP contribution in [-0.2, 0) is 0 Å². The van der Waals surface area contributed by atoms with E-state index in [1.165, 1.54) is 6.07 Å². The molecule has 1 unspecified atom stereocenters. The maximum absolute atomic E-state index is 12.9. The summed E-state index contributed by atoms with van der Waals surface area (Å²) >= 11 is 4.14. The van der Waals surface area contributed by atoms with Gasteiger partial charge in [-0.05, 0) is 13.1 Å². The van der Waals surface area contributed by atoms with E-state index in [0.29, 0.717) is 5.56 Å². The molecular formula is C8H10FNS. The molecule has 0 saturated carbocycles. The molecule has 1 atom stereocenters. The lowest BCUT2D eigenvalue weighted by Crippen LogP contribution is -2.11. The molecule has 3 heteroatoms. The summed E-state index contributed by atoms with van der Waals surface area (Å²) in [5, 5.41) is 2.62. The highest BCUT2D eigenvalue weighted by Gasteiger charge is 2.06. The third-order valence-corrected chi connectivity index (χ3v) is 2.01. The fourth-order valence-electron chi connectivity index (χ4n) is 0.852. The van der Waals surface area contributed by atoms with Crippen molar-refractivity contribution in [2.45, 2.75) is 5.37 Å². The van der Waals surface area contributed by atoms with E-state index in [1.54, 1.807) is 25.2 Å². The topological polar surface area (TPSA) is 12.0 Å². The molecule has 1 rings (SSSR count). The highest BCUT2D eigenvalue weighted by atomic mass is 32.1. The second kappa shape index (κ2) is 3.74. The lowest BCUT2D eigenvalue weighted by Gasteiger charge is -2.09. The van der Waals surface area contributed by atoms with Crippen molar-refractivity contribution in [3.8, 4) is 0 Å². The summed E-state index contributed by atoms with van der Waals surface area (Å²) in [4.78, 5) is 0. The second-order valence-electron chi connectivity index (χ2n) is 2.21. The molecule has 0 aliphatic rings. The quantitative estimate of drug-likeness (QED) is 0.512. The Balaban J connectivity index is 2.93. The van der Waals surface area contributed by atoms with Gasteiger partial charge in [-0.3, -0.25) is 0 Å². The number of halogens is 1. The number of rotatable bonds is 2. The first kappa shape index (κ1) is 8.56. The molecule has 0 radical (unpaired) electrons. The Morgan fingerprint density at radius 3 is 2.64 bits per heavy atom. The maximum atomic E-state index is 12.9. The summed E-state index contributed by atoms with van der Waals surface area (Å²) in [6.07, 6.45) is 0. The third-order valence-electron chi connectivity index (χ3n) is 1.47. The van der Waals surface area contributed by atoms with Gasteiger partial charge in [-0.1, -0.05) is 18.2 Å². The van der Waals surface area contributed by atoms with Crippen molar-refractivity contribution in [3.05, 3.63) is 35.6 Å². The molecule has 0 aliphatic carbocycles. The van der Waals surface area contributed by atoms with Crippen molar-refractivity contribution >= 4 is 12.6 Å². The van der Waals surface area contributed by atoms with Crippen molar-refractivity contribution in [3.63, 3.8) is 0 Å². The summed E-state index contributed by atoms with van der Waals surface area (Å²) < 4.78 is 12.9. The summed E-state index contributed by atoms with van der Waals surface area (Å²) in [5.74, 6) is -0.221. The first-order valence-corrected chi connectivity index (χ1v) is 3.87. The van der Waals surface area contributed by atoms with E-state index in [-0.39, 0.29) is 11.2 Å². The molecule has 0 fully saturated rings. The highest BCUT2D eigenvalue weighted by Crippen LogP contribution is 2.18. The van der Waals surface area contributed by atoms with Crippen LogP contribution in [0.25, 0.3) is 0 Å². The summed E-state index contributed by atoms with van der Waals surface area (Å²) in [7, 11) is 1.74. The van der Waals surface area contributed by atoms with Crippen molar-refractivity contribution in [2.75, 3.05) is 7.05 Å². The van der Waals surface area contributed by atoms with Crippen LogP contribution < -0.4 is 5.32 Å². The molecule has 60 valence electrons. The third kappa shape index (κ3) is 1.94. The van der Waals surface area contributed by atoms with Crippen LogP contribution >= 0.6 is 12.6 Å². The van der Waals surface area contributed by atoms with Crippen LogP contribution in [0.4, 0.5) is 4.39 Å². The van der Waals surface area contributed by atoms with Gasteiger partial charge in [0.2, 0.25) is 0 Å². The number of hydrogen-bond acceptors (Lipinski definition) is 2. The number of nitrogens with one attached hydrogen (secondary N) is 1. The lowest BCUT2D eigenvalue weighted by atomic mass is 10.2. The normalized spacial score (nSPS) is 13.0. The SMILES string of the molecule is CNC(S)c1ccccc1F. The Hall–Kier alpha value is -0.540. The maximum Gasteiger partial charge on any atom is 0.128 e. The Labute approximate surface area is 71.0 Å². The zero-order valence-corrected chi connectivity index (χ0v) is 7.11. The van der Waals surface area contributed by atoms with E-state index in [2.05, 4.69) is 17.9 Å². The van der Waals surface area contributed by atoms with Crippen molar-refractivity contribution in [1.82, 2.24) is 5.32 Å². The van der Waals surface area contributed by atoms with Gasteiger partial charge in [0, 0.05) is 5.56 Å². The minimum absolute atomic E-state index is 0.221. The minimum Gasteiger partial charge on any atom is -0.305 e. The van der Waals surface area contributed by atoms with Crippen LogP contribution in [0.2, 0.25) is 0 Å². The lowest BCUT2D eigenvalue weighted by molar-refractivity contribution is 0.598. The monoisotopic (exact) mass is 171 g/mol. The molecule has 0 bridgehead atoms. The Kier molecular flexibility index (Phi) is 2.91. The van der Waals surface area contributed by atoms with Crippen LogP contribution in [0.1, 0.15) is 10.9 Å². The van der Waals surface area contributed by atoms with Crippen LogP contribution in [0.5, 0.6) is 0 Å². The van der Waals surface area contributed by atoms with Gasteiger partial charge in [0.15, 0.2) is 0 Å². The molecule has 0 aromatic heterocycles. The van der Waals surface area contributed by atoms with Crippen molar-refractivity contribution in [1.29, 1.82) is 0 Å². The van der Waals surface area contributed by atoms with Crippen molar-refractivity contribution in [2.24, 2.45) is 0 Å². The summed E-state index contributed by atoms with van der Waals surface area (Å²) in [5.41, 5.74) is 0.582. The zero-order chi connectivity index (χ0) is 8.27. The number of hydrogen-bond donors (Lipinski definition) is 2. The molecule has 0 spiro atoms. The van der Waals surface area contributed by atoms with Gasteiger partial charge < -0.3 is 5.32 Å². The van der Waals surface area contributed by atoms with E-state index < -0.39 is 0 Å². The van der Waals surface area contributed by atoms with Gasteiger partial charge in [-0.25, -0.2) is 4.39 Å². The number of thiol groups is 1. The van der Waals surface area contributed by atoms with E-state index in [0.717, 1.165) is 0 Å². The van der Waals surface area contributed by atoms with Crippen LogP contribution in [-0.4, -0.2) is 7.05 Å². The molecule has 0 amide bonds. The molecule has 1 aromatic carbocycles. The Bertz CT molecular complexity index is 239. The molecule has 11 heavy (non-hydrogen) atoms. The molecule has 1 nitrogen and oxygen atoms in total. The molecule has 0 saturated heterocycles. The molecule has 1 N–H and O–H groups in total. The van der Waals surface area contributed by atoms with Gasteiger partial charge in [0.25, 0.3) is 0 Å². The fourth-order valence-corrected chi connectivity index (χ4v) is 1.06. The predicted octanol–water partition coefficient (Wildman–Crippen LogP) is 1.97. The Morgan fingerprint density at radius 2 is 2.09 bits per heavy atom. The Morgan fingerprint density at radius 1 is 1.45 bits per heavy atom. The molecular weight excluding hydrogens is 161 g/mol. The second-order valence-corrected chi connectivity index (χ2v) is 2.73.